The number of aromatic carboxylic acids is 1. The SMILES string of the molecule is O=C(O)c1ccnc(Oc2ccc([N+](=O)[O-])cc2F)n1. The monoisotopic (exact) mass is 279 g/mol. The number of carboxylic acids is 1. The van der Waals surface area contributed by atoms with E-state index in [1.54, 1.807) is 0 Å². The molecule has 8 nitrogen and oxygen atoms in total. The van der Waals surface area contributed by atoms with Gasteiger partial charge < -0.3 is 9.84 Å². The maximum atomic E-state index is 13.6. The van der Waals surface area contributed by atoms with E-state index in [0.717, 1.165) is 24.4 Å². The molecule has 2 rings (SSSR count). The van der Waals surface area contributed by atoms with Gasteiger partial charge in [-0.3, -0.25) is 10.1 Å². The molecule has 0 spiro atoms. The van der Waals surface area contributed by atoms with E-state index in [9.17, 15) is 19.3 Å². The maximum absolute atomic E-state index is 13.6. The first-order chi connectivity index (χ1) is 9.47. The molecule has 0 aliphatic rings. The standard InChI is InChI=1S/C11H6FN3O5/c12-7-5-6(15(18)19)1-2-9(7)20-11-13-4-3-8(14-11)10(16)17/h1-5H,(H,16,17). The molecule has 102 valence electrons. The zero-order valence-electron chi connectivity index (χ0n) is 9.69. The summed E-state index contributed by atoms with van der Waals surface area (Å²) in [6.45, 7) is 0. The predicted molar refractivity (Wildman–Crippen MR) is 62.1 cm³/mol. The van der Waals surface area contributed by atoms with Crippen LogP contribution in [-0.4, -0.2) is 26.0 Å². The first kappa shape index (κ1) is 13.3. The second-order valence-electron chi connectivity index (χ2n) is 3.50. The first-order valence-electron chi connectivity index (χ1n) is 5.15. The van der Waals surface area contributed by atoms with Crippen LogP contribution in [0, 0.1) is 15.9 Å². The van der Waals surface area contributed by atoms with E-state index in [1.165, 1.54) is 0 Å². The number of nitrogens with zero attached hydrogens (tertiary/aromatic N) is 3. The second-order valence-corrected chi connectivity index (χ2v) is 3.50. The number of hydrogen-bond donors (Lipinski definition) is 1. The lowest BCUT2D eigenvalue weighted by atomic mass is 10.3. The lowest BCUT2D eigenvalue weighted by Gasteiger charge is -2.04. The summed E-state index contributed by atoms with van der Waals surface area (Å²) in [6.07, 6.45) is 1.13. The molecule has 0 saturated heterocycles. The number of carbonyl (C=O) groups is 1. The third-order valence-corrected chi connectivity index (χ3v) is 2.18. The zero-order valence-corrected chi connectivity index (χ0v) is 9.69. The van der Waals surface area contributed by atoms with Crippen LogP contribution in [0.4, 0.5) is 10.1 Å². The molecule has 1 heterocycles. The Morgan fingerprint density at radius 3 is 2.75 bits per heavy atom. The van der Waals surface area contributed by atoms with Crippen molar-refractivity contribution in [2.24, 2.45) is 0 Å². The largest absolute Gasteiger partial charge is 0.477 e. The third-order valence-electron chi connectivity index (χ3n) is 2.18. The van der Waals surface area contributed by atoms with Gasteiger partial charge in [-0.15, -0.1) is 0 Å². The Morgan fingerprint density at radius 1 is 1.40 bits per heavy atom. The number of nitro groups is 1. The summed E-state index contributed by atoms with van der Waals surface area (Å²) in [7, 11) is 0. The van der Waals surface area contributed by atoms with E-state index < -0.39 is 22.4 Å². The summed E-state index contributed by atoms with van der Waals surface area (Å²) in [4.78, 5) is 27.5. The molecule has 0 radical (unpaired) electrons. The molecule has 0 aliphatic heterocycles. The number of nitro benzene ring substituents is 1. The molecule has 0 fully saturated rings. The van der Waals surface area contributed by atoms with E-state index >= 15 is 0 Å². The van der Waals surface area contributed by atoms with Gasteiger partial charge in [-0.2, -0.15) is 4.98 Å². The van der Waals surface area contributed by atoms with Gasteiger partial charge in [-0.05, 0) is 12.1 Å². The Kier molecular flexibility index (Phi) is 3.51. The molecule has 0 amide bonds. The highest BCUT2D eigenvalue weighted by molar-refractivity contribution is 5.85. The molecule has 0 atom stereocenters. The molecular formula is C11H6FN3O5. The molecule has 2 aromatic rings. The summed E-state index contributed by atoms with van der Waals surface area (Å²) < 4.78 is 18.5. The van der Waals surface area contributed by atoms with Gasteiger partial charge in [0.25, 0.3) is 5.69 Å². The van der Waals surface area contributed by atoms with Crippen molar-refractivity contribution in [3.8, 4) is 11.8 Å². The number of halogens is 1. The Hall–Kier alpha value is -3.10. The summed E-state index contributed by atoms with van der Waals surface area (Å²) in [5.74, 6) is -2.62. The third kappa shape index (κ3) is 2.83. The first-order valence-corrected chi connectivity index (χ1v) is 5.15. The molecule has 1 aromatic heterocycles. The van der Waals surface area contributed by atoms with Crippen LogP contribution in [0.15, 0.2) is 30.5 Å². The molecule has 9 heteroatoms. The van der Waals surface area contributed by atoms with Gasteiger partial charge in [0.15, 0.2) is 17.3 Å². The minimum absolute atomic E-state index is 0.322. The average molecular weight is 279 g/mol. The van der Waals surface area contributed by atoms with Crippen LogP contribution in [-0.2, 0) is 0 Å². The Labute approximate surface area is 110 Å². The number of ether oxygens (including phenoxy) is 1. The lowest BCUT2D eigenvalue weighted by Crippen LogP contribution is -2.03. The topological polar surface area (TPSA) is 115 Å². The number of benzene rings is 1. The predicted octanol–water partition coefficient (Wildman–Crippen LogP) is 2.01. The van der Waals surface area contributed by atoms with Gasteiger partial charge in [0.2, 0.25) is 0 Å². The second kappa shape index (κ2) is 5.26. The lowest BCUT2D eigenvalue weighted by molar-refractivity contribution is -0.385. The number of aromatic nitrogens is 2. The minimum atomic E-state index is -1.29. The van der Waals surface area contributed by atoms with Crippen molar-refractivity contribution in [3.63, 3.8) is 0 Å². The number of rotatable bonds is 4. The zero-order chi connectivity index (χ0) is 14.7. The quantitative estimate of drug-likeness (QED) is 0.672. The van der Waals surface area contributed by atoms with Crippen LogP contribution in [0.3, 0.4) is 0 Å². The van der Waals surface area contributed by atoms with Crippen molar-refractivity contribution in [3.05, 3.63) is 52.1 Å². The fourth-order valence-corrected chi connectivity index (χ4v) is 1.29. The maximum Gasteiger partial charge on any atom is 0.354 e. The summed E-state index contributed by atoms with van der Waals surface area (Å²) in [5.41, 5.74) is -0.757. The van der Waals surface area contributed by atoms with Crippen molar-refractivity contribution in [1.29, 1.82) is 0 Å². The number of carboxylic acid groups (broad SMARTS) is 1. The van der Waals surface area contributed by atoms with Crippen LogP contribution in [0.1, 0.15) is 10.5 Å². The highest BCUT2D eigenvalue weighted by Gasteiger charge is 2.14. The van der Waals surface area contributed by atoms with Crippen molar-refractivity contribution in [2.75, 3.05) is 0 Å². The summed E-state index contributed by atoms with van der Waals surface area (Å²) >= 11 is 0. The average Bonchev–Trinajstić information content (AvgIpc) is 2.41. The van der Waals surface area contributed by atoms with E-state index in [1.807, 2.05) is 0 Å². The fourth-order valence-electron chi connectivity index (χ4n) is 1.29. The fraction of sp³-hybridized carbons (Fsp3) is 0. The molecule has 1 aromatic carbocycles. The molecule has 0 unspecified atom stereocenters. The van der Waals surface area contributed by atoms with Gasteiger partial charge in [-0.25, -0.2) is 14.2 Å². The van der Waals surface area contributed by atoms with E-state index in [0.29, 0.717) is 6.07 Å². The summed E-state index contributed by atoms with van der Waals surface area (Å²) in [5, 5.41) is 19.2. The molecule has 20 heavy (non-hydrogen) atoms. The van der Waals surface area contributed by atoms with Gasteiger partial charge in [0, 0.05) is 12.3 Å². The normalized spacial score (nSPS) is 10.1. The molecule has 1 N–H and O–H groups in total. The number of hydrogen-bond acceptors (Lipinski definition) is 6. The van der Waals surface area contributed by atoms with Gasteiger partial charge in [0.1, 0.15) is 0 Å². The highest BCUT2D eigenvalue weighted by atomic mass is 19.1. The van der Waals surface area contributed by atoms with Crippen LogP contribution in [0.2, 0.25) is 0 Å². The van der Waals surface area contributed by atoms with Crippen LogP contribution < -0.4 is 4.74 Å². The van der Waals surface area contributed by atoms with Crippen LogP contribution in [0.25, 0.3) is 0 Å². The van der Waals surface area contributed by atoms with Gasteiger partial charge >= 0.3 is 12.0 Å². The van der Waals surface area contributed by atoms with Crippen molar-refractivity contribution < 1.29 is 24.0 Å². The van der Waals surface area contributed by atoms with Crippen molar-refractivity contribution in [2.45, 2.75) is 0 Å². The minimum Gasteiger partial charge on any atom is -0.477 e. The molecule has 0 saturated carbocycles. The van der Waals surface area contributed by atoms with Gasteiger partial charge in [-0.1, -0.05) is 0 Å². The molecule has 0 bridgehead atoms. The van der Waals surface area contributed by atoms with Crippen LogP contribution in [0.5, 0.6) is 11.8 Å². The molecular weight excluding hydrogens is 273 g/mol. The van der Waals surface area contributed by atoms with Gasteiger partial charge in [0.05, 0.1) is 11.0 Å². The Balaban J connectivity index is 2.28. The number of non-ortho nitro benzene ring substituents is 1. The smallest absolute Gasteiger partial charge is 0.354 e. The summed E-state index contributed by atoms with van der Waals surface area (Å²) in [6, 6.07) is 3.51. The van der Waals surface area contributed by atoms with E-state index in [-0.39, 0.29) is 17.5 Å². The van der Waals surface area contributed by atoms with E-state index in [4.69, 9.17) is 9.84 Å². The van der Waals surface area contributed by atoms with Crippen LogP contribution >= 0.6 is 0 Å². The Bertz CT molecular complexity index is 692. The van der Waals surface area contributed by atoms with Crippen molar-refractivity contribution in [1.82, 2.24) is 9.97 Å². The highest BCUT2D eigenvalue weighted by Crippen LogP contribution is 2.25. The Morgan fingerprint density at radius 2 is 2.15 bits per heavy atom. The van der Waals surface area contributed by atoms with E-state index in [2.05, 4.69) is 9.97 Å². The van der Waals surface area contributed by atoms with Crippen molar-refractivity contribution >= 4 is 11.7 Å². The molecule has 0 aliphatic carbocycles.